The summed E-state index contributed by atoms with van der Waals surface area (Å²) in [5.41, 5.74) is 6.96. The number of nitrogens with two attached hydrogens (primary N) is 1. The minimum absolute atomic E-state index is 0. The molecule has 1 heterocycles. The summed E-state index contributed by atoms with van der Waals surface area (Å²) in [6.45, 7) is 7.97. The highest BCUT2D eigenvalue weighted by atomic mass is 127. The molecule has 1 rings (SSSR count). The van der Waals surface area contributed by atoms with Crippen LogP contribution in [0.25, 0.3) is 0 Å². The molecule has 0 aromatic carbocycles. The largest absolute Gasteiger partial charge is 0.370 e. The van der Waals surface area contributed by atoms with Crippen LogP contribution < -0.4 is 11.1 Å². The second-order valence-electron chi connectivity index (χ2n) is 4.75. The van der Waals surface area contributed by atoms with E-state index in [1.807, 2.05) is 6.92 Å². The molecule has 116 valence electrons. The lowest BCUT2D eigenvalue weighted by molar-refractivity contribution is 0.673. The molecule has 0 unspecified atom stereocenters. The lowest BCUT2D eigenvalue weighted by atomic mass is 10.2. The van der Waals surface area contributed by atoms with Crippen LogP contribution in [0.4, 0.5) is 0 Å². The first kappa shape index (κ1) is 19.6. The molecular formula is C14H27IN4S. The number of rotatable bonds is 8. The van der Waals surface area contributed by atoms with Gasteiger partial charge in [0.05, 0.1) is 10.7 Å². The Hall–Kier alpha value is -0.370. The predicted molar refractivity (Wildman–Crippen MR) is 99.3 cm³/mol. The Kier molecular flexibility index (Phi) is 11.1. The van der Waals surface area contributed by atoms with Gasteiger partial charge in [-0.2, -0.15) is 0 Å². The van der Waals surface area contributed by atoms with Gasteiger partial charge in [-0.3, -0.25) is 4.99 Å². The van der Waals surface area contributed by atoms with Crippen molar-refractivity contribution in [2.24, 2.45) is 10.7 Å². The zero-order chi connectivity index (χ0) is 14.1. The lowest BCUT2D eigenvalue weighted by Gasteiger charge is -2.05. The summed E-state index contributed by atoms with van der Waals surface area (Å²) in [4.78, 5) is 10.1. The number of aryl methyl sites for hydroxylation is 2. The van der Waals surface area contributed by atoms with Gasteiger partial charge in [-0.25, -0.2) is 4.98 Å². The standard InChI is InChI=1S/C14H26N4S.HI/c1-4-5-6-7-9-16-14(15)17-10-8-13-11(2)18-12(3)19-13;/h4-10H2,1-3H3,(H3,15,16,17);1H. The van der Waals surface area contributed by atoms with Gasteiger partial charge in [0, 0.05) is 24.4 Å². The third-order valence-electron chi connectivity index (χ3n) is 2.95. The molecule has 0 saturated carbocycles. The SMILES string of the molecule is CCCCCCN=C(N)NCCc1sc(C)nc1C.I. The van der Waals surface area contributed by atoms with E-state index in [0.717, 1.165) is 36.6 Å². The third kappa shape index (κ3) is 8.04. The maximum atomic E-state index is 5.82. The van der Waals surface area contributed by atoms with Crippen LogP contribution in [0.3, 0.4) is 0 Å². The molecule has 20 heavy (non-hydrogen) atoms. The van der Waals surface area contributed by atoms with Gasteiger partial charge in [0.15, 0.2) is 5.96 Å². The molecule has 6 heteroatoms. The van der Waals surface area contributed by atoms with Gasteiger partial charge in [-0.1, -0.05) is 26.2 Å². The second kappa shape index (κ2) is 11.3. The highest BCUT2D eigenvalue weighted by Gasteiger charge is 2.04. The van der Waals surface area contributed by atoms with Crippen LogP contribution >= 0.6 is 35.3 Å². The van der Waals surface area contributed by atoms with E-state index >= 15 is 0 Å². The number of nitrogens with zero attached hydrogens (tertiary/aromatic N) is 2. The Morgan fingerprint density at radius 3 is 2.65 bits per heavy atom. The molecule has 0 atom stereocenters. The summed E-state index contributed by atoms with van der Waals surface area (Å²) in [5.74, 6) is 0.565. The van der Waals surface area contributed by atoms with Crippen molar-refractivity contribution in [1.29, 1.82) is 0 Å². The van der Waals surface area contributed by atoms with Crippen LogP contribution in [-0.2, 0) is 6.42 Å². The smallest absolute Gasteiger partial charge is 0.188 e. The molecule has 0 spiro atoms. The van der Waals surface area contributed by atoms with Crippen LogP contribution in [0, 0.1) is 13.8 Å². The molecule has 1 aromatic heterocycles. The molecule has 3 N–H and O–H groups in total. The van der Waals surface area contributed by atoms with Crippen molar-refractivity contribution < 1.29 is 0 Å². The van der Waals surface area contributed by atoms with Gasteiger partial charge in [0.25, 0.3) is 0 Å². The van der Waals surface area contributed by atoms with Crippen molar-refractivity contribution >= 4 is 41.3 Å². The fourth-order valence-electron chi connectivity index (χ4n) is 1.90. The second-order valence-corrected chi connectivity index (χ2v) is 6.03. The third-order valence-corrected chi connectivity index (χ3v) is 4.08. The van der Waals surface area contributed by atoms with E-state index in [1.54, 1.807) is 11.3 Å². The van der Waals surface area contributed by atoms with E-state index in [9.17, 15) is 0 Å². The number of hydrogen-bond acceptors (Lipinski definition) is 3. The summed E-state index contributed by atoms with van der Waals surface area (Å²) >= 11 is 1.76. The van der Waals surface area contributed by atoms with E-state index in [-0.39, 0.29) is 24.0 Å². The van der Waals surface area contributed by atoms with Gasteiger partial charge >= 0.3 is 0 Å². The van der Waals surface area contributed by atoms with Crippen molar-refractivity contribution in [3.8, 4) is 0 Å². The van der Waals surface area contributed by atoms with Crippen molar-refractivity contribution in [2.75, 3.05) is 13.1 Å². The molecule has 0 aliphatic heterocycles. The molecule has 0 radical (unpaired) electrons. The van der Waals surface area contributed by atoms with E-state index in [0.29, 0.717) is 5.96 Å². The van der Waals surface area contributed by atoms with Crippen molar-refractivity contribution in [1.82, 2.24) is 10.3 Å². The average Bonchev–Trinajstić information content (AvgIpc) is 2.68. The predicted octanol–water partition coefficient (Wildman–Crippen LogP) is 3.41. The molecule has 0 aliphatic rings. The summed E-state index contributed by atoms with van der Waals surface area (Å²) in [6, 6.07) is 0. The van der Waals surface area contributed by atoms with Gasteiger partial charge in [0.2, 0.25) is 0 Å². The summed E-state index contributed by atoms with van der Waals surface area (Å²) in [5, 5.41) is 4.29. The van der Waals surface area contributed by atoms with Crippen molar-refractivity contribution in [3.05, 3.63) is 15.6 Å². The number of nitrogens with one attached hydrogen (secondary N) is 1. The minimum Gasteiger partial charge on any atom is -0.370 e. The zero-order valence-electron chi connectivity index (χ0n) is 12.7. The molecule has 1 aromatic rings. The van der Waals surface area contributed by atoms with Crippen molar-refractivity contribution in [2.45, 2.75) is 52.9 Å². The molecule has 0 fully saturated rings. The summed E-state index contributed by atoms with van der Waals surface area (Å²) < 4.78 is 0. The van der Waals surface area contributed by atoms with E-state index in [1.165, 1.54) is 24.1 Å². The quantitative estimate of drug-likeness (QED) is 0.299. The van der Waals surface area contributed by atoms with E-state index in [2.05, 4.69) is 29.1 Å². The molecule has 4 nitrogen and oxygen atoms in total. The molecule has 0 bridgehead atoms. The maximum absolute atomic E-state index is 5.82. The van der Waals surface area contributed by atoms with Crippen LogP contribution in [-0.4, -0.2) is 24.0 Å². The molecule has 0 amide bonds. The van der Waals surface area contributed by atoms with Gasteiger partial charge in [-0.05, 0) is 20.3 Å². The van der Waals surface area contributed by atoms with Crippen molar-refractivity contribution in [3.63, 3.8) is 0 Å². The molecular weight excluding hydrogens is 383 g/mol. The highest BCUT2D eigenvalue weighted by Crippen LogP contribution is 2.16. The summed E-state index contributed by atoms with van der Waals surface area (Å²) in [7, 11) is 0. The number of unbranched alkanes of at least 4 members (excludes halogenated alkanes) is 3. The topological polar surface area (TPSA) is 63.3 Å². The Morgan fingerprint density at radius 2 is 2.05 bits per heavy atom. The first-order chi connectivity index (χ1) is 9.13. The number of aromatic nitrogens is 1. The Balaban J connectivity index is 0.00000361. The minimum atomic E-state index is 0. The zero-order valence-corrected chi connectivity index (χ0v) is 15.9. The van der Waals surface area contributed by atoms with Crippen LogP contribution in [0.1, 0.15) is 48.2 Å². The number of thiazole rings is 1. The maximum Gasteiger partial charge on any atom is 0.188 e. The van der Waals surface area contributed by atoms with Crippen LogP contribution in [0.15, 0.2) is 4.99 Å². The number of hydrogen-bond donors (Lipinski definition) is 2. The van der Waals surface area contributed by atoms with E-state index < -0.39 is 0 Å². The Morgan fingerprint density at radius 1 is 1.30 bits per heavy atom. The normalized spacial score (nSPS) is 11.2. The Labute approximate surface area is 143 Å². The Bertz CT molecular complexity index is 404. The number of aliphatic imine (C=N–C) groups is 1. The lowest BCUT2D eigenvalue weighted by Crippen LogP contribution is -2.33. The fourth-order valence-corrected chi connectivity index (χ4v) is 2.84. The van der Waals surface area contributed by atoms with Gasteiger partial charge in [0.1, 0.15) is 0 Å². The van der Waals surface area contributed by atoms with Gasteiger partial charge in [-0.15, -0.1) is 35.3 Å². The average molecular weight is 410 g/mol. The van der Waals surface area contributed by atoms with Crippen LogP contribution in [0.5, 0.6) is 0 Å². The van der Waals surface area contributed by atoms with Crippen LogP contribution in [0.2, 0.25) is 0 Å². The first-order valence-corrected chi connectivity index (χ1v) is 7.91. The fraction of sp³-hybridized carbons (Fsp3) is 0.714. The first-order valence-electron chi connectivity index (χ1n) is 7.10. The highest BCUT2D eigenvalue weighted by molar-refractivity contribution is 14.0. The van der Waals surface area contributed by atoms with Gasteiger partial charge < -0.3 is 11.1 Å². The van der Waals surface area contributed by atoms with E-state index in [4.69, 9.17) is 5.73 Å². The number of guanidine groups is 1. The molecule has 0 saturated heterocycles. The number of halogens is 1. The summed E-state index contributed by atoms with van der Waals surface area (Å²) in [6.07, 6.45) is 5.87. The monoisotopic (exact) mass is 410 g/mol. The molecule has 0 aliphatic carbocycles.